The molecule has 0 aromatic carbocycles. The van der Waals surface area contributed by atoms with E-state index in [1.54, 1.807) is 0 Å². The third kappa shape index (κ3) is 2.63. The minimum absolute atomic E-state index is 0.0363. The van der Waals surface area contributed by atoms with E-state index in [0.717, 1.165) is 25.0 Å². The van der Waals surface area contributed by atoms with Crippen molar-refractivity contribution in [2.45, 2.75) is 52.1 Å². The Hall–Kier alpha value is -1.58. The minimum Gasteiger partial charge on any atom is -0.474 e. The number of nitrogens with zero attached hydrogens (tertiary/aromatic N) is 1. The summed E-state index contributed by atoms with van der Waals surface area (Å²) in [4.78, 5) is 4.58. The average Bonchev–Trinajstić information content (AvgIpc) is 2.37. The Morgan fingerprint density at radius 1 is 1.50 bits per heavy atom. The Kier molecular flexibility index (Phi) is 3.84. The second-order valence-electron chi connectivity index (χ2n) is 4.90. The minimum atomic E-state index is 0.0363. The first-order chi connectivity index (χ1) is 8.61. The third-order valence-corrected chi connectivity index (χ3v) is 3.44. The van der Waals surface area contributed by atoms with Crippen molar-refractivity contribution in [1.82, 2.24) is 4.98 Å². The Labute approximate surface area is 108 Å². The molecule has 1 aliphatic carbocycles. The molecule has 4 heteroatoms. The number of pyridine rings is 1. The fourth-order valence-electron chi connectivity index (χ4n) is 2.17. The van der Waals surface area contributed by atoms with Crippen LogP contribution in [0.15, 0.2) is 6.07 Å². The summed E-state index contributed by atoms with van der Waals surface area (Å²) in [6, 6.07) is 1.99. The van der Waals surface area contributed by atoms with Crippen LogP contribution in [0.5, 0.6) is 5.88 Å². The molecule has 0 saturated heterocycles. The van der Waals surface area contributed by atoms with Gasteiger partial charge in [0.15, 0.2) is 0 Å². The number of aryl methyl sites for hydroxylation is 2. The Morgan fingerprint density at radius 2 is 2.22 bits per heavy atom. The monoisotopic (exact) mass is 247 g/mol. The average molecular weight is 247 g/mol. The van der Waals surface area contributed by atoms with Crippen molar-refractivity contribution in [3.05, 3.63) is 22.9 Å². The van der Waals surface area contributed by atoms with Crippen molar-refractivity contribution in [3.63, 3.8) is 0 Å². The van der Waals surface area contributed by atoms with Crippen LogP contribution in [0.3, 0.4) is 0 Å². The van der Waals surface area contributed by atoms with Gasteiger partial charge in [0, 0.05) is 5.69 Å². The van der Waals surface area contributed by atoms with Gasteiger partial charge in [-0.25, -0.2) is 4.98 Å². The number of aromatic nitrogens is 1. The molecule has 0 saturated carbocycles. The standard InChI is InChI=1S/C14H21N3O/c1-3-9(2)18-14-11(13(15)16)8-10-6-4-5-7-12(10)17-14/h8-9H,3-7H2,1-2H3,(H3,15,16). The summed E-state index contributed by atoms with van der Waals surface area (Å²) in [6.45, 7) is 4.07. The van der Waals surface area contributed by atoms with Crippen LogP contribution in [-0.2, 0) is 12.8 Å². The highest BCUT2D eigenvalue weighted by atomic mass is 16.5. The van der Waals surface area contributed by atoms with Gasteiger partial charge in [0.2, 0.25) is 5.88 Å². The van der Waals surface area contributed by atoms with Gasteiger partial charge in [-0.05, 0) is 50.7 Å². The normalized spacial score (nSPS) is 15.9. The highest BCUT2D eigenvalue weighted by Crippen LogP contribution is 2.26. The van der Waals surface area contributed by atoms with Gasteiger partial charge in [-0.2, -0.15) is 0 Å². The highest BCUT2D eigenvalue weighted by Gasteiger charge is 2.18. The summed E-state index contributed by atoms with van der Waals surface area (Å²) >= 11 is 0. The SMILES string of the molecule is CCC(C)Oc1nc2c(cc1C(=N)N)CCCC2. The number of rotatable bonds is 4. The fraction of sp³-hybridized carbons (Fsp3) is 0.571. The second-order valence-corrected chi connectivity index (χ2v) is 4.90. The molecular formula is C14H21N3O. The first-order valence-electron chi connectivity index (χ1n) is 6.65. The molecular weight excluding hydrogens is 226 g/mol. The van der Waals surface area contributed by atoms with Crippen molar-refractivity contribution in [2.24, 2.45) is 5.73 Å². The van der Waals surface area contributed by atoms with Gasteiger partial charge in [-0.1, -0.05) is 6.92 Å². The first-order valence-corrected chi connectivity index (χ1v) is 6.65. The van der Waals surface area contributed by atoms with Crippen LogP contribution in [-0.4, -0.2) is 16.9 Å². The molecule has 1 aromatic heterocycles. The van der Waals surface area contributed by atoms with E-state index in [2.05, 4.69) is 11.9 Å². The fourth-order valence-corrected chi connectivity index (χ4v) is 2.17. The summed E-state index contributed by atoms with van der Waals surface area (Å²) in [5, 5.41) is 7.65. The van der Waals surface area contributed by atoms with E-state index in [0.29, 0.717) is 11.4 Å². The molecule has 1 unspecified atom stereocenters. The van der Waals surface area contributed by atoms with Gasteiger partial charge >= 0.3 is 0 Å². The molecule has 0 aliphatic heterocycles. The number of nitrogen functional groups attached to an aromatic ring is 1. The van der Waals surface area contributed by atoms with Crippen LogP contribution in [0, 0.1) is 5.41 Å². The number of amidine groups is 1. The number of fused-ring (bicyclic) bond motifs is 1. The van der Waals surface area contributed by atoms with Crippen molar-refractivity contribution in [1.29, 1.82) is 5.41 Å². The highest BCUT2D eigenvalue weighted by molar-refractivity contribution is 5.97. The molecule has 0 spiro atoms. The predicted molar refractivity (Wildman–Crippen MR) is 72.3 cm³/mol. The summed E-state index contributed by atoms with van der Waals surface area (Å²) < 4.78 is 5.79. The first kappa shape index (κ1) is 12.9. The Bertz CT molecular complexity index is 457. The molecule has 1 atom stereocenters. The van der Waals surface area contributed by atoms with Crippen LogP contribution in [0.2, 0.25) is 0 Å². The summed E-state index contributed by atoms with van der Waals surface area (Å²) in [7, 11) is 0. The van der Waals surface area contributed by atoms with E-state index in [9.17, 15) is 0 Å². The molecule has 4 nitrogen and oxygen atoms in total. The zero-order valence-electron chi connectivity index (χ0n) is 11.1. The summed E-state index contributed by atoms with van der Waals surface area (Å²) in [5.41, 5.74) is 8.60. The molecule has 1 aliphatic rings. The molecule has 3 N–H and O–H groups in total. The summed E-state index contributed by atoms with van der Waals surface area (Å²) in [5.74, 6) is 0.562. The van der Waals surface area contributed by atoms with Crippen LogP contribution in [0.1, 0.15) is 49.9 Å². The second kappa shape index (κ2) is 5.38. The number of nitrogens with two attached hydrogens (primary N) is 1. The predicted octanol–water partition coefficient (Wildman–Crippen LogP) is 2.42. The largest absolute Gasteiger partial charge is 0.474 e. The van der Waals surface area contributed by atoms with Crippen LogP contribution < -0.4 is 10.5 Å². The van der Waals surface area contributed by atoms with Gasteiger partial charge < -0.3 is 10.5 Å². The third-order valence-electron chi connectivity index (χ3n) is 3.44. The smallest absolute Gasteiger partial charge is 0.225 e. The molecule has 0 radical (unpaired) electrons. The van der Waals surface area contributed by atoms with Gasteiger partial charge in [0.25, 0.3) is 0 Å². The molecule has 1 heterocycles. The lowest BCUT2D eigenvalue weighted by molar-refractivity contribution is 0.207. The molecule has 18 heavy (non-hydrogen) atoms. The van der Waals surface area contributed by atoms with Gasteiger partial charge in [0.1, 0.15) is 5.84 Å². The van der Waals surface area contributed by atoms with Gasteiger partial charge in [-0.3, -0.25) is 5.41 Å². The number of hydrogen-bond acceptors (Lipinski definition) is 3. The zero-order valence-corrected chi connectivity index (χ0v) is 11.1. The summed E-state index contributed by atoms with van der Waals surface area (Å²) in [6.07, 6.45) is 5.42. The maximum Gasteiger partial charge on any atom is 0.225 e. The lowest BCUT2D eigenvalue weighted by Gasteiger charge is -2.20. The number of nitrogens with one attached hydrogen (secondary N) is 1. The van der Waals surface area contributed by atoms with Crippen molar-refractivity contribution < 1.29 is 4.74 Å². The zero-order chi connectivity index (χ0) is 13.1. The van der Waals surface area contributed by atoms with Crippen LogP contribution in [0.25, 0.3) is 0 Å². The van der Waals surface area contributed by atoms with E-state index >= 15 is 0 Å². The van der Waals surface area contributed by atoms with Crippen molar-refractivity contribution >= 4 is 5.84 Å². The molecule has 0 amide bonds. The van der Waals surface area contributed by atoms with E-state index in [1.165, 1.54) is 18.4 Å². The lowest BCUT2D eigenvalue weighted by Crippen LogP contribution is -2.20. The molecule has 0 fully saturated rings. The van der Waals surface area contributed by atoms with E-state index in [-0.39, 0.29) is 11.9 Å². The van der Waals surface area contributed by atoms with Crippen molar-refractivity contribution in [3.8, 4) is 5.88 Å². The van der Waals surface area contributed by atoms with Gasteiger partial charge in [0.05, 0.1) is 11.7 Å². The maximum atomic E-state index is 7.65. The van der Waals surface area contributed by atoms with E-state index in [4.69, 9.17) is 15.9 Å². The van der Waals surface area contributed by atoms with E-state index < -0.39 is 0 Å². The van der Waals surface area contributed by atoms with Crippen molar-refractivity contribution in [2.75, 3.05) is 0 Å². The van der Waals surface area contributed by atoms with Crippen LogP contribution >= 0.6 is 0 Å². The molecule has 0 bridgehead atoms. The quantitative estimate of drug-likeness (QED) is 0.634. The van der Waals surface area contributed by atoms with E-state index in [1.807, 2.05) is 13.0 Å². The molecule has 2 rings (SSSR count). The lowest BCUT2D eigenvalue weighted by atomic mass is 9.95. The Morgan fingerprint density at radius 3 is 2.89 bits per heavy atom. The molecule has 1 aromatic rings. The van der Waals surface area contributed by atoms with Gasteiger partial charge in [-0.15, -0.1) is 0 Å². The van der Waals surface area contributed by atoms with Crippen LogP contribution in [0.4, 0.5) is 0 Å². The topological polar surface area (TPSA) is 72.0 Å². The number of hydrogen-bond donors (Lipinski definition) is 2. The number of ether oxygens (including phenoxy) is 1. The maximum absolute atomic E-state index is 7.65. The Balaban J connectivity index is 2.39. The molecule has 98 valence electrons.